The van der Waals surface area contributed by atoms with Crippen LogP contribution in [0.3, 0.4) is 0 Å². The molecule has 3 aromatic carbocycles. The third-order valence-electron chi connectivity index (χ3n) is 7.69. The van der Waals surface area contributed by atoms with Gasteiger partial charge in [0.25, 0.3) is 0 Å². The van der Waals surface area contributed by atoms with Crippen LogP contribution in [0.2, 0.25) is 0 Å². The Kier molecular flexibility index (Phi) is 7.59. The van der Waals surface area contributed by atoms with E-state index in [0.29, 0.717) is 31.9 Å². The number of carboxylic acid groups (broad SMARTS) is 1. The van der Waals surface area contributed by atoms with Gasteiger partial charge in [0.1, 0.15) is 21.4 Å². The Bertz CT molecular complexity index is 1710. The number of rotatable bonds is 10. The normalized spacial score (nSPS) is 14.8. The number of halogens is 1. The van der Waals surface area contributed by atoms with Crippen molar-refractivity contribution < 1.29 is 27.4 Å². The molecule has 1 aromatic heterocycles. The van der Waals surface area contributed by atoms with E-state index in [-0.39, 0.29) is 23.9 Å². The molecule has 0 saturated heterocycles. The summed E-state index contributed by atoms with van der Waals surface area (Å²) in [5.74, 6) is -0.488. The molecule has 0 bridgehead atoms. The van der Waals surface area contributed by atoms with Crippen LogP contribution >= 0.6 is 0 Å². The van der Waals surface area contributed by atoms with Crippen LogP contribution in [0.1, 0.15) is 41.1 Å². The van der Waals surface area contributed by atoms with E-state index < -0.39 is 15.8 Å². The standard InChI is InChI=1S/C31H33FN2O5S/c1-19-21(17-33-24-9-10-26-22(14-30(35)36)18-39-29(26)16-24)6-4-7-25(19)31-20(2)34(12-5-13-40(3,37)38)28-11-8-23(32)15-27(28)31/h4,6-11,15-16,22,33H,5,12-14,17-18H2,1-3H3,(H,35,36). The Labute approximate surface area is 233 Å². The van der Waals surface area contributed by atoms with E-state index >= 15 is 0 Å². The van der Waals surface area contributed by atoms with Gasteiger partial charge in [0.05, 0.1) is 18.8 Å². The first-order valence-electron chi connectivity index (χ1n) is 13.3. The van der Waals surface area contributed by atoms with E-state index in [1.807, 2.05) is 37.3 Å². The molecule has 210 valence electrons. The smallest absolute Gasteiger partial charge is 0.304 e. The van der Waals surface area contributed by atoms with Crippen molar-refractivity contribution >= 4 is 32.4 Å². The van der Waals surface area contributed by atoms with E-state index in [0.717, 1.165) is 50.1 Å². The average molecular weight is 565 g/mol. The van der Waals surface area contributed by atoms with E-state index in [4.69, 9.17) is 9.84 Å². The van der Waals surface area contributed by atoms with Crippen molar-refractivity contribution in [2.45, 2.75) is 45.7 Å². The average Bonchev–Trinajstić information content (AvgIpc) is 3.39. The highest BCUT2D eigenvalue weighted by Gasteiger charge is 2.26. The highest BCUT2D eigenvalue weighted by atomic mass is 32.2. The van der Waals surface area contributed by atoms with Crippen molar-refractivity contribution in [3.05, 3.63) is 82.8 Å². The molecule has 4 aromatic rings. The molecule has 9 heteroatoms. The first-order valence-corrected chi connectivity index (χ1v) is 15.3. The monoisotopic (exact) mass is 564 g/mol. The summed E-state index contributed by atoms with van der Waals surface area (Å²) >= 11 is 0. The van der Waals surface area contributed by atoms with E-state index in [1.54, 1.807) is 12.1 Å². The van der Waals surface area contributed by atoms with Crippen molar-refractivity contribution in [3.8, 4) is 16.9 Å². The van der Waals surface area contributed by atoms with E-state index in [2.05, 4.69) is 22.9 Å². The molecule has 2 N–H and O–H groups in total. The largest absolute Gasteiger partial charge is 0.493 e. The summed E-state index contributed by atoms with van der Waals surface area (Å²) in [5.41, 5.74) is 7.74. The number of hydrogen-bond acceptors (Lipinski definition) is 5. The van der Waals surface area contributed by atoms with Crippen LogP contribution in [0, 0.1) is 19.7 Å². The maximum atomic E-state index is 14.4. The fourth-order valence-corrected chi connectivity index (χ4v) is 6.33. The van der Waals surface area contributed by atoms with E-state index in [1.165, 1.54) is 12.3 Å². The predicted molar refractivity (Wildman–Crippen MR) is 155 cm³/mol. The van der Waals surface area contributed by atoms with Gasteiger partial charge in [-0.15, -0.1) is 0 Å². The van der Waals surface area contributed by atoms with Crippen molar-refractivity contribution in [1.82, 2.24) is 4.57 Å². The van der Waals surface area contributed by atoms with E-state index in [9.17, 15) is 17.6 Å². The Morgan fingerprint density at radius 3 is 2.70 bits per heavy atom. The van der Waals surface area contributed by atoms with Crippen LogP contribution < -0.4 is 10.1 Å². The van der Waals surface area contributed by atoms with Gasteiger partial charge in [-0.1, -0.05) is 24.3 Å². The number of carboxylic acids is 1. The fraction of sp³-hybridized carbons (Fsp3) is 0.323. The number of aliphatic carboxylic acids is 1. The molecule has 0 saturated carbocycles. The molecule has 2 heterocycles. The molecule has 0 aliphatic carbocycles. The van der Waals surface area contributed by atoms with Crippen molar-refractivity contribution in [2.24, 2.45) is 0 Å². The van der Waals surface area contributed by atoms with Crippen molar-refractivity contribution in [1.29, 1.82) is 0 Å². The summed E-state index contributed by atoms with van der Waals surface area (Å²) in [7, 11) is -3.08. The number of aryl methyl sites for hydroxylation is 1. The number of anilines is 1. The second-order valence-corrected chi connectivity index (χ2v) is 12.8. The topological polar surface area (TPSA) is 97.6 Å². The van der Waals surface area contributed by atoms with Gasteiger partial charge in [0, 0.05) is 64.7 Å². The molecule has 0 radical (unpaired) electrons. The molecule has 0 fully saturated rings. The van der Waals surface area contributed by atoms with Gasteiger partial charge in [-0.2, -0.15) is 0 Å². The zero-order valence-electron chi connectivity index (χ0n) is 22.8. The number of nitrogens with one attached hydrogen (secondary N) is 1. The van der Waals surface area contributed by atoms with Gasteiger partial charge in [-0.25, -0.2) is 12.8 Å². The number of sulfone groups is 1. The van der Waals surface area contributed by atoms with Gasteiger partial charge in [0.15, 0.2) is 0 Å². The zero-order chi connectivity index (χ0) is 28.6. The lowest BCUT2D eigenvalue weighted by molar-refractivity contribution is -0.137. The Balaban J connectivity index is 1.43. The summed E-state index contributed by atoms with van der Waals surface area (Å²) in [5, 5.41) is 13.4. The zero-order valence-corrected chi connectivity index (χ0v) is 23.6. The molecular weight excluding hydrogens is 531 g/mol. The summed E-state index contributed by atoms with van der Waals surface area (Å²) in [6.07, 6.45) is 1.76. The minimum atomic E-state index is -3.08. The molecule has 1 aliphatic heterocycles. The molecule has 0 spiro atoms. The molecule has 7 nitrogen and oxygen atoms in total. The molecule has 5 rings (SSSR count). The minimum Gasteiger partial charge on any atom is -0.493 e. The first-order chi connectivity index (χ1) is 19.0. The number of nitrogens with zero attached hydrogens (tertiary/aromatic N) is 1. The second-order valence-electron chi connectivity index (χ2n) is 10.6. The molecular formula is C31H33FN2O5S. The maximum Gasteiger partial charge on any atom is 0.304 e. The van der Waals surface area contributed by atoms with Crippen LogP contribution in [0.15, 0.2) is 54.6 Å². The molecule has 0 amide bonds. The number of hydrogen-bond donors (Lipinski definition) is 2. The summed E-state index contributed by atoms with van der Waals surface area (Å²) in [4.78, 5) is 11.1. The number of fused-ring (bicyclic) bond motifs is 2. The lowest BCUT2D eigenvalue weighted by Gasteiger charge is -2.15. The maximum absolute atomic E-state index is 14.4. The third kappa shape index (κ3) is 5.70. The lowest BCUT2D eigenvalue weighted by Crippen LogP contribution is -2.08. The highest BCUT2D eigenvalue weighted by molar-refractivity contribution is 7.90. The Hall–Kier alpha value is -3.85. The first kappa shape index (κ1) is 27.7. The third-order valence-corrected chi connectivity index (χ3v) is 8.73. The van der Waals surface area contributed by atoms with Crippen LogP contribution in [-0.4, -0.2) is 42.7 Å². The van der Waals surface area contributed by atoms with Crippen molar-refractivity contribution in [3.63, 3.8) is 0 Å². The number of benzene rings is 3. The van der Waals surface area contributed by atoms with Gasteiger partial charge < -0.3 is 19.7 Å². The quantitative estimate of drug-likeness (QED) is 0.243. The van der Waals surface area contributed by atoms with Crippen LogP contribution in [0.5, 0.6) is 5.75 Å². The summed E-state index contributed by atoms with van der Waals surface area (Å²) in [6, 6.07) is 16.6. The van der Waals surface area contributed by atoms with Gasteiger partial charge in [0.2, 0.25) is 0 Å². The summed E-state index contributed by atoms with van der Waals surface area (Å²) < 4.78 is 45.7. The molecule has 1 atom stereocenters. The predicted octanol–water partition coefficient (Wildman–Crippen LogP) is 6.06. The highest BCUT2D eigenvalue weighted by Crippen LogP contribution is 2.39. The Morgan fingerprint density at radius 1 is 1.15 bits per heavy atom. The molecule has 1 aliphatic rings. The SMILES string of the molecule is Cc1c(CNc2ccc3c(c2)OCC3CC(=O)O)cccc1-c1c(C)n(CCCS(C)(=O)=O)c2ccc(F)cc12. The minimum absolute atomic E-state index is 0.0448. The fourth-order valence-electron chi connectivity index (χ4n) is 5.68. The number of carbonyl (C=O) groups is 1. The summed E-state index contributed by atoms with van der Waals surface area (Å²) in [6.45, 7) is 5.50. The van der Waals surface area contributed by atoms with Gasteiger partial charge in [-0.05, 0) is 61.2 Å². The Morgan fingerprint density at radius 2 is 1.95 bits per heavy atom. The lowest BCUT2D eigenvalue weighted by atomic mass is 9.94. The van der Waals surface area contributed by atoms with Crippen LogP contribution in [0.4, 0.5) is 10.1 Å². The van der Waals surface area contributed by atoms with Gasteiger partial charge in [-0.3, -0.25) is 4.79 Å². The number of ether oxygens (including phenoxy) is 1. The van der Waals surface area contributed by atoms with Crippen LogP contribution in [0.25, 0.3) is 22.0 Å². The molecule has 40 heavy (non-hydrogen) atoms. The second kappa shape index (κ2) is 11.0. The van der Waals surface area contributed by atoms with Crippen molar-refractivity contribution in [2.75, 3.05) is 23.9 Å². The molecule has 1 unspecified atom stereocenters. The number of aromatic nitrogens is 1. The van der Waals surface area contributed by atoms with Crippen LogP contribution in [-0.2, 0) is 27.7 Å². The van der Waals surface area contributed by atoms with Gasteiger partial charge >= 0.3 is 5.97 Å².